The van der Waals surface area contributed by atoms with Crippen molar-refractivity contribution in [3.05, 3.63) is 29.8 Å². The molecule has 0 spiro atoms. The maximum absolute atomic E-state index is 12.2. The zero-order chi connectivity index (χ0) is 13.1. The van der Waals surface area contributed by atoms with Gasteiger partial charge in [0.25, 0.3) is 5.91 Å². The summed E-state index contributed by atoms with van der Waals surface area (Å²) in [5.41, 5.74) is 0.361. The molecule has 94 valence electrons. The van der Waals surface area contributed by atoms with E-state index in [1.54, 1.807) is 0 Å². The fourth-order valence-corrected chi connectivity index (χ4v) is 1.10. The molecule has 0 saturated heterocycles. The number of ether oxygens (including phenoxy) is 1. The van der Waals surface area contributed by atoms with Gasteiger partial charge in [0.05, 0.1) is 0 Å². The molecule has 0 aliphatic rings. The number of hydrogen-bond acceptors (Lipinski definition) is 2. The third kappa shape index (κ3) is 3.65. The number of carbonyl (C=O) groups is 1. The largest absolute Gasteiger partial charge is 0.481 e. The SMILES string of the molecule is CNC(=O)c1ccc(OC(C)C(F)(F)F)cc1. The molecular weight excluding hydrogens is 235 g/mol. The Kier molecular flexibility index (Phi) is 3.98. The number of halogens is 3. The lowest BCUT2D eigenvalue weighted by atomic mass is 10.2. The van der Waals surface area contributed by atoms with Gasteiger partial charge in [0.2, 0.25) is 0 Å². The van der Waals surface area contributed by atoms with Gasteiger partial charge in [-0.15, -0.1) is 0 Å². The molecule has 1 rings (SSSR count). The first-order valence-electron chi connectivity index (χ1n) is 4.90. The van der Waals surface area contributed by atoms with E-state index in [0.29, 0.717) is 5.56 Å². The molecule has 0 saturated carbocycles. The molecule has 0 aliphatic carbocycles. The molecule has 1 aromatic rings. The van der Waals surface area contributed by atoms with Crippen LogP contribution in [0.1, 0.15) is 17.3 Å². The number of hydrogen-bond donors (Lipinski definition) is 1. The van der Waals surface area contributed by atoms with Crippen molar-refractivity contribution in [1.82, 2.24) is 5.32 Å². The van der Waals surface area contributed by atoms with Crippen molar-refractivity contribution in [3.8, 4) is 5.75 Å². The fourth-order valence-electron chi connectivity index (χ4n) is 1.10. The van der Waals surface area contributed by atoms with E-state index in [-0.39, 0.29) is 11.7 Å². The highest BCUT2D eigenvalue weighted by molar-refractivity contribution is 5.94. The highest BCUT2D eigenvalue weighted by atomic mass is 19.4. The van der Waals surface area contributed by atoms with Crippen LogP contribution in [0.2, 0.25) is 0 Å². The molecule has 1 amide bonds. The Morgan fingerprint density at radius 2 is 1.82 bits per heavy atom. The van der Waals surface area contributed by atoms with Crippen molar-refractivity contribution >= 4 is 5.91 Å². The number of rotatable bonds is 3. The molecule has 0 heterocycles. The second-order valence-electron chi connectivity index (χ2n) is 3.41. The third-order valence-electron chi connectivity index (χ3n) is 2.12. The predicted molar refractivity (Wildman–Crippen MR) is 56.0 cm³/mol. The van der Waals surface area contributed by atoms with E-state index < -0.39 is 12.3 Å². The van der Waals surface area contributed by atoms with Crippen molar-refractivity contribution in [1.29, 1.82) is 0 Å². The van der Waals surface area contributed by atoms with Gasteiger partial charge in [0.1, 0.15) is 5.75 Å². The molecule has 6 heteroatoms. The van der Waals surface area contributed by atoms with Crippen LogP contribution < -0.4 is 10.1 Å². The first kappa shape index (κ1) is 13.3. The summed E-state index contributed by atoms with van der Waals surface area (Å²) in [6.07, 6.45) is -6.28. The van der Waals surface area contributed by atoms with Gasteiger partial charge in [-0.3, -0.25) is 4.79 Å². The Labute approximate surface area is 96.6 Å². The maximum atomic E-state index is 12.2. The lowest BCUT2D eigenvalue weighted by Gasteiger charge is -2.17. The first-order valence-corrected chi connectivity index (χ1v) is 4.90. The molecule has 1 unspecified atom stereocenters. The van der Waals surface area contributed by atoms with E-state index >= 15 is 0 Å². The standard InChI is InChI=1S/C11H12F3NO2/c1-7(11(12,13)14)17-9-5-3-8(4-6-9)10(16)15-2/h3-7H,1-2H3,(H,15,16). The van der Waals surface area contributed by atoms with E-state index in [4.69, 9.17) is 4.74 Å². The van der Waals surface area contributed by atoms with Crippen molar-refractivity contribution in [3.63, 3.8) is 0 Å². The Morgan fingerprint density at radius 1 is 1.29 bits per heavy atom. The fraction of sp³-hybridized carbons (Fsp3) is 0.364. The van der Waals surface area contributed by atoms with Crippen molar-refractivity contribution in [2.24, 2.45) is 0 Å². The first-order chi connectivity index (χ1) is 7.84. The Hall–Kier alpha value is -1.72. The maximum Gasteiger partial charge on any atom is 0.425 e. The Morgan fingerprint density at radius 3 is 2.24 bits per heavy atom. The summed E-state index contributed by atoms with van der Waals surface area (Å²) >= 11 is 0. The van der Waals surface area contributed by atoms with Crippen LogP contribution in [0.4, 0.5) is 13.2 Å². The summed E-state index contributed by atoms with van der Waals surface area (Å²) in [6.45, 7) is 0.923. The molecule has 0 aliphatic heterocycles. The lowest BCUT2D eigenvalue weighted by molar-refractivity contribution is -0.189. The Bertz CT molecular complexity index is 387. The summed E-state index contributed by atoms with van der Waals surface area (Å²) in [5, 5.41) is 2.41. The average molecular weight is 247 g/mol. The molecule has 17 heavy (non-hydrogen) atoms. The van der Waals surface area contributed by atoms with Crippen LogP contribution in [0.5, 0.6) is 5.75 Å². The van der Waals surface area contributed by atoms with Gasteiger partial charge in [0.15, 0.2) is 6.10 Å². The van der Waals surface area contributed by atoms with E-state index in [2.05, 4.69) is 5.32 Å². The second-order valence-corrected chi connectivity index (χ2v) is 3.41. The molecule has 0 fully saturated rings. The van der Waals surface area contributed by atoms with Crippen LogP contribution >= 0.6 is 0 Å². The molecule has 0 aromatic heterocycles. The molecule has 3 nitrogen and oxygen atoms in total. The highest BCUT2D eigenvalue weighted by Gasteiger charge is 2.37. The van der Waals surface area contributed by atoms with Gasteiger partial charge in [-0.2, -0.15) is 13.2 Å². The molecule has 1 aromatic carbocycles. The minimum absolute atomic E-state index is 0.0717. The van der Waals surface area contributed by atoms with Crippen molar-refractivity contribution in [2.45, 2.75) is 19.2 Å². The van der Waals surface area contributed by atoms with Gasteiger partial charge in [-0.25, -0.2) is 0 Å². The highest BCUT2D eigenvalue weighted by Crippen LogP contribution is 2.24. The van der Waals surface area contributed by atoms with Gasteiger partial charge < -0.3 is 10.1 Å². The summed E-state index contributed by atoms with van der Waals surface area (Å²) in [6, 6.07) is 5.45. The van der Waals surface area contributed by atoms with Crippen molar-refractivity contribution < 1.29 is 22.7 Å². The van der Waals surface area contributed by atoms with Crippen LogP contribution in [0, 0.1) is 0 Å². The van der Waals surface area contributed by atoms with Gasteiger partial charge in [-0.1, -0.05) is 0 Å². The minimum atomic E-state index is -4.40. The van der Waals surface area contributed by atoms with Crippen LogP contribution in [0.15, 0.2) is 24.3 Å². The Balaban J connectivity index is 2.72. The molecule has 1 N–H and O–H groups in total. The van der Waals surface area contributed by atoms with Crippen LogP contribution in [0.25, 0.3) is 0 Å². The minimum Gasteiger partial charge on any atom is -0.481 e. The van der Waals surface area contributed by atoms with Crippen LogP contribution in [0.3, 0.4) is 0 Å². The zero-order valence-corrected chi connectivity index (χ0v) is 9.34. The van der Waals surface area contributed by atoms with Crippen molar-refractivity contribution in [2.75, 3.05) is 7.05 Å². The predicted octanol–water partition coefficient (Wildman–Crippen LogP) is 2.38. The summed E-state index contributed by atoms with van der Waals surface area (Å²) in [5.74, 6) is -0.233. The van der Waals surface area contributed by atoms with Gasteiger partial charge in [0, 0.05) is 12.6 Å². The average Bonchev–Trinajstić information content (AvgIpc) is 2.27. The van der Waals surface area contributed by atoms with E-state index in [1.807, 2.05) is 0 Å². The number of alkyl halides is 3. The molecule has 1 atom stereocenters. The van der Waals surface area contributed by atoms with Crippen LogP contribution in [-0.4, -0.2) is 25.2 Å². The quantitative estimate of drug-likeness (QED) is 0.890. The van der Waals surface area contributed by atoms with Gasteiger partial charge in [-0.05, 0) is 31.2 Å². The number of nitrogens with one attached hydrogen (secondary N) is 1. The lowest BCUT2D eigenvalue weighted by Crippen LogP contribution is -2.31. The number of carbonyl (C=O) groups excluding carboxylic acids is 1. The molecule has 0 bridgehead atoms. The molecular formula is C11H12F3NO2. The zero-order valence-electron chi connectivity index (χ0n) is 9.34. The normalized spacial score (nSPS) is 13.0. The smallest absolute Gasteiger partial charge is 0.425 e. The second kappa shape index (κ2) is 5.07. The number of amides is 1. The van der Waals surface area contributed by atoms with E-state index in [9.17, 15) is 18.0 Å². The topological polar surface area (TPSA) is 38.3 Å². The van der Waals surface area contributed by atoms with Crippen LogP contribution in [-0.2, 0) is 0 Å². The third-order valence-corrected chi connectivity index (χ3v) is 2.12. The summed E-state index contributed by atoms with van der Waals surface area (Å²) in [7, 11) is 1.47. The van der Waals surface area contributed by atoms with E-state index in [0.717, 1.165) is 6.92 Å². The number of benzene rings is 1. The van der Waals surface area contributed by atoms with E-state index in [1.165, 1.54) is 31.3 Å². The summed E-state index contributed by atoms with van der Waals surface area (Å²) in [4.78, 5) is 11.2. The van der Waals surface area contributed by atoms with Gasteiger partial charge >= 0.3 is 6.18 Å². The monoisotopic (exact) mass is 247 g/mol. The summed E-state index contributed by atoms with van der Waals surface area (Å²) < 4.78 is 41.3. The molecule has 0 radical (unpaired) electrons.